The first-order valence-electron chi connectivity index (χ1n) is 6.94. The number of nitrogens with zero attached hydrogens (tertiary/aromatic N) is 3. The number of benzene rings is 1. The van der Waals surface area contributed by atoms with Gasteiger partial charge in [-0.15, -0.1) is 10.2 Å². The van der Waals surface area contributed by atoms with Gasteiger partial charge in [-0.3, -0.25) is 4.79 Å². The van der Waals surface area contributed by atoms with Gasteiger partial charge >= 0.3 is 0 Å². The molecule has 3 rings (SSSR count). The third kappa shape index (κ3) is 2.82. The van der Waals surface area contributed by atoms with Crippen LogP contribution in [0.3, 0.4) is 0 Å². The summed E-state index contributed by atoms with van der Waals surface area (Å²) in [5, 5.41) is 8.86. The lowest BCUT2D eigenvalue weighted by Crippen LogP contribution is -2.40. The highest BCUT2D eigenvalue weighted by molar-refractivity contribution is 8.02. The van der Waals surface area contributed by atoms with Crippen molar-refractivity contribution in [3.05, 3.63) is 34.8 Å². The molecule has 0 N–H and O–H groups in total. The van der Waals surface area contributed by atoms with Crippen molar-refractivity contribution in [3.8, 4) is 0 Å². The highest BCUT2D eigenvalue weighted by atomic mass is 32.2. The fourth-order valence-electron chi connectivity index (χ4n) is 2.62. The van der Waals surface area contributed by atoms with Gasteiger partial charge in [-0.05, 0) is 38.8 Å². The number of fused-ring (bicyclic) bond motifs is 1. The summed E-state index contributed by atoms with van der Waals surface area (Å²) in [5.41, 5.74) is 2.30. The minimum absolute atomic E-state index is 0.144. The average Bonchev–Trinajstić information content (AvgIpc) is 3.00. The second-order valence-electron chi connectivity index (χ2n) is 5.24. The van der Waals surface area contributed by atoms with Crippen LogP contribution in [-0.2, 0) is 11.2 Å². The predicted octanol–water partition coefficient (Wildman–Crippen LogP) is 3.30. The van der Waals surface area contributed by atoms with E-state index >= 15 is 0 Å². The molecule has 1 aliphatic rings. The zero-order chi connectivity index (χ0) is 15.0. The molecular formula is C15H17N3OS2. The van der Waals surface area contributed by atoms with Crippen molar-refractivity contribution in [1.82, 2.24) is 10.2 Å². The van der Waals surface area contributed by atoms with E-state index in [2.05, 4.69) is 23.2 Å². The first kappa shape index (κ1) is 14.5. The van der Waals surface area contributed by atoms with Gasteiger partial charge in [0.2, 0.25) is 5.91 Å². The maximum atomic E-state index is 12.8. The van der Waals surface area contributed by atoms with Crippen molar-refractivity contribution >= 4 is 34.7 Å². The maximum Gasteiger partial charge on any atom is 0.240 e. The molecule has 2 heterocycles. The summed E-state index contributed by atoms with van der Waals surface area (Å²) in [7, 11) is 0. The monoisotopic (exact) mass is 319 g/mol. The van der Waals surface area contributed by atoms with Gasteiger partial charge in [-0.25, -0.2) is 0 Å². The normalized spacial score (nSPS) is 18.6. The van der Waals surface area contributed by atoms with Crippen LogP contribution in [0, 0.1) is 6.92 Å². The van der Waals surface area contributed by atoms with Crippen LogP contribution in [0.1, 0.15) is 24.4 Å². The van der Waals surface area contributed by atoms with Crippen molar-refractivity contribution in [2.24, 2.45) is 0 Å². The third-order valence-electron chi connectivity index (χ3n) is 3.58. The topological polar surface area (TPSA) is 46.1 Å². The Morgan fingerprint density at radius 2 is 2.19 bits per heavy atom. The Balaban J connectivity index is 1.78. The molecule has 0 saturated carbocycles. The van der Waals surface area contributed by atoms with Gasteiger partial charge in [0.1, 0.15) is 5.01 Å². The van der Waals surface area contributed by atoms with Crippen LogP contribution >= 0.6 is 23.1 Å². The van der Waals surface area contributed by atoms with Crippen molar-refractivity contribution in [3.63, 3.8) is 0 Å². The molecule has 2 aromatic rings. The van der Waals surface area contributed by atoms with E-state index in [0.717, 1.165) is 21.5 Å². The second kappa shape index (κ2) is 5.77. The number of para-hydroxylation sites is 1. The fraction of sp³-hybridized carbons (Fsp3) is 0.400. The van der Waals surface area contributed by atoms with Crippen LogP contribution in [0.2, 0.25) is 0 Å². The van der Waals surface area contributed by atoms with Crippen molar-refractivity contribution in [1.29, 1.82) is 0 Å². The van der Waals surface area contributed by atoms with E-state index in [1.165, 1.54) is 28.7 Å². The maximum absolute atomic E-state index is 12.8. The van der Waals surface area contributed by atoms with Crippen LogP contribution in [0.15, 0.2) is 28.6 Å². The molecule has 110 valence electrons. The van der Waals surface area contributed by atoms with Gasteiger partial charge in [-0.1, -0.05) is 41.3 Å². The van der Waals surface area contributed by atoms with Crippen LogP contribution < -0.4 is 4.90 Å². The van der Waals surface area contributed by atoms with E-state index in [0.29, 0.717) is 0 Å². The summed E-state index contributed by atoms with van der Waals surface area (Å²) in [5.74, 6) is 0.144. The highest BCUT2D eigenvalue weighted by Gasteiger charge is 2.33. The Morgan fingerprint density at radius 3 is 2.90 bits per heavy atom. The zero-order valence-corrected chi connectivity index (χ0v) is 13.9. The molecule has 2 atom stereocenters. The predicted molar refractivity (Wildman–Crippen MR) is 87.1 cm³/mol. The molecule has 0 bridgehead atoms. The van der Waals surface area contributed by atoms with Gasteiger partial charge in [0.05, 0.1) is 5.25 Å². The lowest BCUT2D eigenvalue weighted by Gasteiger charge is -2.25. The van der Waals surface area contributed by atoms with Gasteiger partial charge in [0.15, 0.2) is 4.34 Å². The number of carbonyl (C=O) groups is 1. The van der Waals surface area contributed by atoms with Crippen LogP contribution in [0.4, 0.5) is 5.69 Å². The van der Waals surface area contributed by atoms with Gasteiger partial charge in [-0.2, -0.15) is 0 Å². The highest BCUT2D eigenvalue weighted by Crippen LogP contribution is 2.35. The van der Waals surface area contributed by atoms with Crippen molar-refractivity contribution in [2.75, 3.05) is 4.90 Å². The SMILES string of the molecule is Cc1nnc(S[C@H](C)C(=O)N2c3ccccc3C[C@H]2C)s1. The Kier molecular flexibility index (Phi) is 3.99. The Bertz CT molecular complexity index is 670. The smallest absolute Gasteiger partial charge is 0.240 e. The molecule has 21 heavy (non-hydrogen) atoms. The minimum Gasteiger partial charge on any atom is -0.308 e. The Hall–Kier alpha value is -1.40. The Morgan fingerprint density at radius 1 is 1.43 bits per heavy atom. The Labute approximate surface area is 132 Å². The molecule has 0 spiro atoms. The number of aryl methyl sites for hydroxylation is 1. The molecule has 0 unspecified atom stereocenters. The number of hydrogen-bond acceptors (Lipinski definition) is 5. The summed E-state index contributed by atoms with van der Waals surface area (Å²) < 4.78 is 0.855. The number of amides is 1. The molecule has 1 aromatic carbocycles. The lowest BCUT2D eigenvalue weighted by atomic mass is 10.1. The molecule has 0 radical (unpaired) electrons. The summed E-state index contributed by atoms with van der Waals surface area (Å²) in [6.07, 6.45) is 0.928. The third-order valence-corrected chi connectivity index (χ3v) is 5.59. The largest absolute Gasteiger partial charge is 0.308 e. The summed E-state index contributed by atoms with van der Waals surface area (Å²) in [6, 6.07) is 8.37. The lowest BCUT2D eigenvalue weighted by molar-refractivity contribution is -0.118. The minimum atomic E-state index is -0.161. The quantitative estimate of drug-likeness (QED) is 0.814. The molecule has 1 aliphatic heterocycles. The molecule has 4 nitrogen and oxygen atoms in total. The zero-order valence-electron chi connectivity index (χ0n) is 12.2. The molecule has 6 heteroatoms. The van der Waals surface area contributed by atoms with E-state index < -0.39 is 0 Å². The standard InChI is InChI=1S/C15H17N3OS2/c1-9-8-12-6-4-5-7-13(12)18(9)14(19)10(2)20-15-17-16-11(3)21-15/h4-7,9-10H,8H2,1-3H3/t9-,10-/m1/s1. The van der Waals surface area contributed by atoms with Crippen LogP contribution in [0.25, 0.3) is 0 Å². The summed E-state index contributed by atoms with van der Waals surface area (Å²) in [4.78, 5) is 14.7. The van der Waals surface area contributed by atoms with Crippen LogP contribution in [0.5, 0.6) is 0 Å². The number of aromatic nitrogens is 2. The number of rotatable bonds is 3. The van der Waals surface area contributed by atoms with E-state index in [1.807, 2.05) is 36.9 Å². The number of carbonyl (C=O) groups excluding carboxylic acids is 1. The second-order valence-corrected chi connectivity index (χ2v) is 8.01. The van der Waals surface area contributed by atoms with Gasteiger partial charge in [0, 0.05) is 11.7 Å². The van der Waals surface area contributed by atoms with E-state index in [-0.39, 0.29) is 17.2 Å². The van der Waals surface area contributed by atoms with Gasteiger partial charge < -0.3 is 4.90 Å². The average molecular weight is 319 g/mol. The number of anilines is 1. The van der Waals surface area contributed by atoms with Crippen molar-refractivity contribution < 1.29 is 4.79 Å². The molecule has 1 aromatic heterocycles. The van der Waals surface area contributed by atoms with Crippen molar-refractivity contribution in [2.45, 2.75) is 42.8 Å². The summed E-state index contributed by atoms with van der Waals surface area (Å²) >= 11 is 3.02. The number of thioether (sulfide) groups is 1. The first-order chi connectivity index (χ1) is 10.1. The molecule has 0 saturated heterocycles. The number of hydrogen-bond donors (Lipinski definition) is 0. The van der Waals surface area contributed by atoms with E-state index in [4.69, 9.17) is 0 Å². The molecular weight excluding hydrogens is 302 g/mol. The van der Waals surface area contributed by atoms with E-state index in [9.17, 15) is 4.79 Å². The molecule has 0 aliphatic carbocycles. The van der Waals surface area contributed by atoms with Gasteiger partial charge in [0.25, 0.3) is 0 Å². The summed E-state index contributed by atoms with van der Waals surface area (Å²) in [6.45, 7) is 5.97. The molecule has 1 amide bonds. The fourth-order valence-corrected chi connectivity index (χ4v) is 4.63. The van der Waals surface area contributed by atoms with E-state index in [1.54, 1.807) is 0 Å². The molecule has 0 fully saturated rings. The van der Waals surface area contributed by atoms with Crippen LogP contribution in [-0.4, -0.2) is 27.4 Å². The first-order valence-corrected chi connectivity index (χ1v) is 8.63.